The molecule has 1 aliphatic heterocycles. The lowest BCUT2D eigenvalue weighted by Gasteiger charge is -2.17. The van der Waals surface area contributed by atoms with E-state index >= 15 is 0 Å². The van der Waals surface area contributed by atoms with Crippen molar-refractivity contribution >= 4 is 40.7 Å². The number of hydrogen-bond donors (Lipinski definition) is 1. The highest BCUT2D eigenvalue weighted by Gasteiger charge is 2.17. The first kappa shape index (κ1) is 17.8. The average Bonchev–Trinajstić information content (AvgIpc) is 3.14. The zero-order chi connectivity index (χ0) is 18.8. The highest BCUT2D eigenvalue weighted by atomic mass is 35.5. The summed E-state index contributed by atoms with van der Waals surface area (Å²) < 4.78 is 1.91. The third-order valence-electron chi connectivity index (χ3n) is 4.35. The summed E-state index contributed by atoms with van der Waals surface area (Å²) in [7, 11) is 0. The van der Waals surface area contributed by atoms with Gasteiger partial charge in [0.15, 0.2) is 10.9 Å². The summed E-state index contributed by atoms with van der Waals surface area (Å²) in [5, 5.41) is 4.21. The Bertz CT molecular complexity index is 1030. The number of carbonyl (C=O) groups is 2. The molecule has 0 bridgehead atoms. The second-order valence-corrected chi connectivity index (χ2v) is 7.57. The molecule has 0 fully saturated rings. The average molecular weight is 398 g/mol. The number of anilines is 1. The van der Waals surface area contributed by atoms with E-state index in [-0.39, 0.29) is 17.4 Å². The Labute approximate surface area is 165 Å². The number of aromatic nitrogens is 2. The topological polar surface area (TPSA) is 64.0 Å². The summed E-state index contributed by atoms with van der Waals surface area (Å²) in [5.74, 6) is 0.327. The van der Waals surface area contributed by atoms with Crippen LogP contribution in [0.2, 0.25) is 5.02 Å². The Kier molecular flexibility index (Phi) is 5.01. The van der Waals surface area contributed by atoms with Gasteiger partial charge in [-0.1, -0.05) is 29.4 Å². The standard InChI is InChI=1S/C20H16ClN3O2S/c21-15-2-1-3-16(11-15)24-9-8-22-20(24)27-12-18(25)14-4-6-17-13(10-14)5-7-19(26)23-17/h1-4,6,8-11H,5,7,12H2,(H,23,26). The van der Waals surface area contributed by atoms with E-state index < -0.39 is 0 Å². The predicted octanol–water partition coefficient (Wildman–Crippen LogP) is 4.39. The summed E-state index contributed by atoms with van der Waals surface area (Å²) in [6.45, 7) is 0. The second-order valence-electron chi connectivity index (χ2n) is 6.19. The third-order valence-corrected chi connectivity index (χ3v) is 5.55. The molecule has 136 valence electrons. The summed E-state index contributed by atoms with van der Waals surface area (Å²) >= 11 is 7.45. The first-order valence-electron chi connectivity index (χ1n) is 8.48. The fourth-order valence-electron chi connectivity index (χ4n) is 2.99. The normalized spacial score (nSPS) is 13.1. The number of amides is 1. The van der Waals surface area contributed by atoms with Crippen LogP contribution < -0.4 is 5.32 Å². The van der Waals surface area contributed by atoms with Gasteiger partial charge in [0, 0.05) is 40.8 Å². The number of ketones is 1. The van der Waals surface area contributed by atoms with Crippen molar-refractivity contribution in [3.05, 3.63) is 71.0 Å². The highest BCUT2D eigenvalue weighted by molar-refractivity contribution is 7.99. The van der Waals surface area contributed by atoms with Crippen LogP contribution in [-0.4, -0.2) is 27.0 Å². The van der Waals surface area contributed by atoms with Crippen LogP contribution in [0.1, 0.15) is 22.3 Å². The molecule has 0 saturated heterocycles. The van der Waals surface area contributed by atoms with Crippen molar-refractivity contribution in [1.82, 2.24) is 9.55 Å². The number of Topliss-reactive ketones (excluding diaryl/α,β-unsaturated/α-hetero) is 1. The molecule has 1 aliphatic rings. The molecule has 0 saturated carbocycles. The molecule has 0 aliphatic carbocycles. The number of imidazole rings is 1. The summed E-state index contributed by atoms with van der Waals surface area (Å²) in [4.78, 5) is 28.4. The molecule has 1 N–H and O–H groups in total. The minimum absolute atomic E-state index is 0.0185. The first-order valence-corrected chi connectivity index (χ1v) is 9.84. The van der Waals surface area contributed by atoms with Gasteiger partial charge in [-0.15, -0.1) is 0 Å². The number of nitrogens with zero attached hydrogens (tertiary/aromatic N) is 2. The number of aryl methyl sites for hydroxylation is 1. The molecule has 4 rings (SSSR count). The SMILES string of the molecule is O=C1CCc2cc(C(=O)CSc3nccn3-c3cccc(Cl)c3)ccc2N1. The molecule has 27 heavy (non-hydrogen) atoms. The molecule has 5 nitrogen and oxygen atoms in total. The smallest absolute Gasteiger partial charge is 0.224 e. The summed E-state index contributed by atoms with van der Waals surface area (Å²) in [5.41, 5.74) is 3.36. The van der Waals surface area contributed by atoms with Crippen molar-refractivity contribution in [3.8, 4) is 5.69 Å². The van der Waals surface area contributed by atoms with Crippen LogP contribution in [0.25, 0.3) is 5.69 Å². The minimum Gasteiger partial charge on any atom is -0.326 e. The van der Waals surface area contributed by atoms with E-state index in [2.05, 4.69) is 10.3 Å². The zero-order valence-electron chi connectivity index (χ0n) is 14.3. The minimum atomic E-state index is 0.0185. The highest BCUT2D eigenvalue weighted by Crippen LogP contribution is 2.26. The maximum Gasteiger partial charge on any atom is 0.224 e. The third kappa shape index (κ3) is 3.91. The van der Waals surface area contributed by atoms with Crippen molar-refractivity contribution in [1.29, 1.82) is 0 Å². The van der Waals surface area contributed by atoms with Gasteiger partial charge in [-0.25, -0.2) is 4.98 Å². The van der Waals surface area contributed by atoms with Gasteiger partial charge in [0.05, 0.1) is 5.75 Å². The Hall–Kier alpha value is -2.57. The zero-order valence-corrected chi connectivity index (χ0v) is 15.9. The van der Waals surface area contributed by atoms with Gasteiger partial charge in [-0.05, 0) is 48.4 Å². The van der Waals surface area contributed by atoms with Gasteiger partial charge in [0.2, 0.25) is 5.91 Å². The molecule has 7 heteroatoms. The van der Waals surface area contributed by atoms with Crippen molar-refractivity contribution in [2.75, 3.05) is 11.1 Å². The van der Waals surface area contributed by atoms with E-state index in [1.54, 1.807) is 18.3 Å². The van der Waals surface area contributed by atoms with Gasteiger partial charge in [-0.2, -0.15) is 0 Å². The number of rotatable bonds is 5. The van der Waals surface area contributed by atoms with Crippen LogP contribution in [0.3, 0.4) is 0 Å². The van der Waals surface area contributed by atoms with Crippen LogP contribution in [0.4, 0.5) is 5.69 Å². The molecule has 1 aromatic heterocycles. The molecule has 0 radical (unpaired) electrons. The van der Waals surface area contributed by atoms with Crippen molar-refractivity contribution in [2.45, 2.75) is 18.0 Å². The van der Waals surface area contributed by atoms with Gasteiger partial charge < -0.3 is 5.32 Å². The Morgan fingerprint density at radius 3 is 2.96 bits per heavy atom. The van der Waals surface area contributed by atoms with Crippen LogP contribution in [0.5, 0.6) is 0 Å². The number of carbonyl (C=O) groups excluding carboxylic acids is 2. The fourth-order valence-corrected chi connectivity index (χ4v) is 4.04. The van der Waals surface area contributed by atoms with Crippen molar-refractivity contribution in [2.24, 2.45) is 0 Å². The number of nitrogens with one attached hydrogen (secondary N) is 1. The molecular formula is C20H16ClN3O2S. The number of halogens is 1. The lowest BCUT2D eigenvalue weighted by molar-refractivity contribution is -0.116. The van der Waals surface area contributed by atoms with Crippen molar-refractivity contribution < 1.29 is 9.59 Å². The number of benzene rings is 2. The van der Waals surface area contributed by atoms with E-state index in [1.807, 2.05) is 41.1 Å². The first-order chi connectivity index (χ1) is 13.1. The van der Waals surface area contributed by atoms with Crippen LogP contribution in [0.15, 0.2) is 60.0 Å². The molecule has 2 heterocycles. The predicted molar refractivity (Wildman–Crippen MR) is 107 cm³/mol. The fraction of sp³-hybridized carbons (Fsp3) is 0.150. The van der Waals surface area contributed by atoms with Crippen LogP contribution in [0, 0.1) is 0 Å². The molecule has 0 spiro atoms. The van der Waals surface area contributed by atoms with E-state index in [0.717, 1.165) is 22.1 Å². The van der Waals surface area contributed by atoms with Crippen LogP contribution in [-0.2, 0) is 11.2 Å². The Morgan fingerprint density at radius 1 is 1.22 bits per heavy atom. The van der Waals surface area contributed by atoms with Crippen LogP contribution >= 0.6 is 23.4 Å². The molecule has 0 unspecified atom stereocenters. The largest absolute Gasteiger partial charge is 0.326 e. The van der Waals surface area contributed by atoms with Gasteiger partial charge in [0.1, 0.15) is 0 Å². The van der Waals surface area contributed by atoms with Gasteiger partial charge in [0.25, 0.3) is 0 Å². The molecule has 2 aromatic carbocycles. The number of fused-ring (bicyclic) bond motifs is 1. The van der Waals surface area contributed by atoms with Gasteiger partial charge in [-0.3, -0.25) is 14.2 Å². The molecule has 1 amide bonds. The number of thioether (sulfide) groups is 1. The Morgan fingerprint density at radius 2 is 2.11 bits per heavy atom. The molecule has 3 aromatic rings. The maximum absolute atomic E-state index is 12.6. The second kappa shape index (κ2) is 7.58. The lowest BCUT2D eigenvalue weighted by atomic mass is 9.99. The van der Waals surface area contributed by atoms with Crippen molar-refractivity contribution in [3.63, 3.8) is 0 Å². The monoisotopic (exact) mass is 397 g/mol. The maximum atomic E-state index is 12.6. The van der Waals surface area contributed by atoms with E-state index in [1.165, 1.54) is 11.8 Å². The lowest BCUT2D eigenvalue weighted by Crippen LogP contribution is -2.19. The molecule has 0 atom stereocenters. The van der Waals surface area contributed by atoms with Gasteiger partial charge >= 0.3 is 0 Å². The quantitative estimate of drug-likeness (QED) is 0.512. The Balaban J connectivity index is 1.48. The summed E-state index contributed by atoms with van der Waals surface area (Å²) in [6.07, 6.45) is 4.67. The number of hydrogen-bond acceptors (Lipinski definition) is 4. The van der Waals surface area contributed by atoms with E-state index in [0.29, 0.717) is 23.4 Å². The summed E-state index contributed by atoms with van der Waals surface area (Å²) in [6, 6.07) is 12.9. The molecular weight excluding hydrogens is 382 g/mol. The van der Waals surface area contributed by atoms with E-state index in [4.69, 9.17) is 11.6 Å². The van der Waals surface area contributed by atoms with E-state index in [9.17, 15) is 9.59 Å².